The van der Waals surface area contributed by atoms with Crippen molar-refractivity contribution in [3.05, 3.63) is 33.1 Å². The minimum Gasteiger partial charge on any atom is -0.382 e. The Bertz CT molecular complexity index is 434. The molecule has 0 N–H and O–H groups in total. The van der Waals surface area contributed by atoms with Gasteiger partial charge in [0, 0.05) is 38.6 Å². The fraction of sp³-hybridized carbons (Fsp3) is 0.636. The predicted molar refractivity (Wildman–Crippen MR) is 61.7 cm³/mol. The van der Waals surface area contributed by atoms with Gasteiger partial charge < -0.3 is 9.30 Å². The van der Waals surface area contributed by atoms with Crippen LogP contribution in [0.5, 0.6) is 0 Å². The largest absolute Gasteiger partial charge is 0.382 e. The molecule has 0 atom stereocenters. The Morgan fingerprint density at radius 1 is 1.31 bits per heavy atom. The van der Waals surface area contributed by atoms with E-state index < -0.39 is 0 Å². The lowest BCUT2D eigenvalue weighted by Gasteiger charge is -2.07. The molecule has 0 spiro atoms. The van der Waals surface area contributed by atoms with E-state index in [-0.39, 0.29) is 11.2 Å². The molecule has 1 aromatic heterocycles. The molecule has 16 heavy (non-hydrogen) atoms. The van der Waals surface area contributed by atoms with Gasteiger partial charge in [-0.3, -0.25) is 9.36 Å². The molecule has 0 unspecified atom stereocenters. The summed E-state index contributed by atoms with van der Waals surface area (Å²) >= 11 is 0. The standard InChI is InChI=1S/C11H18N2O3/c1-3-12-8-6-10(14)13(11(12)15)7-5-9-16-4-2/h6,8H,3-5,7,9H2,1-2H3. The second-order valence-electron chi connectivity index (χ2n) is 3.42. The molecule has 0 fully saturated rings. The van der Waals surface area contributed by atoms with Crippen molar-refractivity contribution in [2.75, 3.05) is 13.2 Å². The molecule has 5 nitrogen and oxygen atoms in total. The number of ether oxygens (including phenoxy) is 1. The van der Waals surface area contributed by atoms with E-state index in [4.69, 9.17) is 4.74 Å². The smallest absolute Gasteiger partial charge is 0.330 e. The van der Waals surface area contributed by atoms with Gasteiger partial charge in [0.25, 0.3) is 5.56 Å². The van der Waals surface area contributed by atoms with Crippen molar-refractivity contribution >= 4 is 0 Å². The molecule has 1 heterocycles. The maximum atomic E-state index is 11.8. The summed E-state index contributed by atoms with van der Waals surface area (Å²) in [7, 11) is 0. The van der Waals surface area contributed by atoms with Crippen molar-refractivity contribution in [3.8, 4) is 0 Å². The summed E-state index contributed by atoms with van der Waals surface area (Å²) in [6, 6.07) is 1.42. The molecule has 1 rings (SSSR count). The van der Waals surface area contributed by atoms with E-state index in [0.717, 1.165) is 0 Å². The van der Waals surface area contributed by atoms with Gasteiger partial charge in [-0.2, -0.15) is 0 Å². The molecule has 0 aliphatic carbocycles. The molecular formula is C11H18N2O3. The summed E-state index contributed by atoms with van der Waals surface area (Å²) in [5, 5.41) is 0. The Morgan fingerprint density at radius 2 is 2.06 bits per heavy atom. The highest BCUT2D eigenvalue weighted by molar-refractivity contribution is 4.86. The Morgan fingerprint density at radius 3 is 2.69 bits per heavy atom. The molecule has 90 valence electrons. The first-order chi connectivity index (χ1) is 7.70. The summed E-state index contributed by atoms with van der Waals surface area (Å²) < 4.78 is 7.94. The molecule has 0 aliphatic rings. The number of nitrogens with zero attached hydrogens (tertiary/aromatic N) is 2. The van der Waals surface area contributed by atoms with Crippen LogP contribution in [-0.4, -0.2) is 22.3 Å². The van der Waals surface area contributed by atoms with E-state index in [0.29, 0.717) is 32.7 Å². The molecule has 1 aromatic rings. The lowest BCUT2D eigenvalue weighted by molar-refractivity contribution is 0.141. The minimum absolute atomic E-state index is 0.244. The molecule has 0 radical (unpaired) electrons. The highest BCUT2D eigenvalue weighted by atomic mass is 16.5. The second-order valence-corrected chi connectivity index (χ2v) is 3.42. The number of hydrogen-bond acceptors (Lipinski definition) is 3. The monoisotopic (exact) mass is 226 g/mol. The van der Waals surface area contributed by atoms with Gasteiger partial charge >= 0.3 is 5.69 Å². The molecule has 0 bridgehead atoms. The number of aromatic nitrogens is 2. The summed E-state index contributed by atoms with van der Waals surface area (Å²) in [5.74, 6) is 0. The van der Waals surface area contributed by atoms with Gasteiger partial charge in [0.2, 0.25) is 0 Å². The van der Waals surface area contributed by atoms with Gasteiger partial charge in [-0.15, -0.1) is 0 Å². The fourth-order valence-corrected chi connectivity index (χ4v) is 1.47. The van der Waals surface area contributed by atoms with Crippen molar-refractivity contribution in [1.29, 1.82) is 0 Å². The molecule has 0 saturated heterocycles. The Hall–Kier alpha value is -1.36. The third kappa shape index (κ3) is 3.06. The van der Waals surface area contributed by atoms with Crippen LogP contribution < -0.4 is 11.2 Å². The summed E-state index contributed by atoms with van der Waals surface area (Å²) in [6.45, 7) is 6.00. The first-order valence-corrected chi connectivity index (χ1v) is 5.58. The Labute approximate surface area is 94.3 Å². The van der Waals surface area contributed by atoms with Crippen LogP contribution in [0.2, 0.25) is 0 Å². The maximum absolute atomic E-state index is 11.8. The van der Waals surface area contributed by atoms with Crippen LogP contribution in [0.3, 0.4) is 0 Å². The second kappa shape index (κ2) is 6.27. The molecule has 0 saturated carbocycles. The van der Waals surface area contributed by atoms with Gasteiger partial charge in [0.05, 0.1) is 0 Å². The van der Waals surface area contributed by atoms with E-state index in [1.165, 1.54) is 21.4 Å². The number of hydrogen-bond donors (Lipinski definition) is 0. The highest BCUT2D eigenvalue weighted by Gasteiger charge is 2.03. The van der Waals surface area contributed by atoms with Crippen molar-refractivity contribution < 1.29 is 4.74 Å². The van der Waals surface area contributed by atoms with Crippen LogP contribution in [0.25, 0.3) is 0 Å². The maximum Gasteiger partial charge on any atom is 0.330 e. The molecule has 5 heteroatoms. The van der Waals surface area contributed by atoms with Gasteiger partial charge in [-0.05, 0) is 20.3 Å². The predicted octanol–water partition coefficient (Wildman–Crippen LogP) is 0.456. The lowest BCUT2D eigenvalue weighted by Crippen LogP contribution is -2.38. The average molecular weight is 226 g/mol. The fourth-order valence-electron chi connectivity index (χ4n) is 1.47. The molecule has 0 aliphatic heterocycles. The third-order valence-electron chi connectivity index (χ3n) is 2.35. The molecular weight excluding hydrogens is 208 g/mol. The van der Waals surface area contributed by atoms with Crippen LogP contribution in [0.15, 0.2) is 21.9 Å². The van der Waals surface area contributed by atoms with E-state index >= 15 is 0 Å². The Balaban J connectivity index is 2.78. The van der Waals surface area contributed by atoms with Crippen LogP contribution in [-0.2, 0) is 17.8 Å². The lowest BCUT2D eigenvalue weighted by atomic mass is 10.4. The topological polar surface area (TPSA) is 53.2 Å². The zero-order valence-electron chi connectivity index (χ0n) is 9.81. The normalized spacial score (nSPS) is 10.6. The highest BCUT2D eigenvalue weighted by Crippen LogP contribution is 1.86. The van der Waals surface area contributed by atoms with E-state index in [1.54, 1.807) is 0 Å². The van der Waals surface area contributed by atoms with Crippen LogP contribution in [0.4, 0.5) is 0 Å². The summed E-state index contributed by atoms with van der Waals surface area (Å²) in [4.78, 5) is 23.3. The van der Waals surface area contributed by atoms with Crippen molar-refractivity contribution in [1.82, 2.24) is 9.13 Å². The van der Waals surface area contributed by atoms with Crippen molar-refractivity contribution in [2.45, 2.75) is 33.4 Å². The van der Waals surface area contributed by atoms with Gasteiger partial charge in [0.1, 0.15) is 0 Å². The van der Waals surface area contributed by atoms with E-state index in [9.17, 15) is 9.59 Å². The SMILES string of the molecule is CCOCCCn1c(=O)ccn(CC)c1=O. The zero-order valence-corrected chi connectivity index (χ0v) is 9.81. The van der Waals surface area contributed by atoms with Crippen molar-refractivity contribution in [3.63, 3.8) is 0 Å². The average Bonchev–Trinajstić information content (AvgIpc) is 2.28. The first-order valence-electron chi connectivity index (χ1n) is 5.58. The van der Waals surface area contributed by atoms with Crippen LogP contribution in [0.1, 0.15) is 20.3 Å². The quantitative estimate of drug-likeness (QED) is 0.662. The van der Waals surface area contributed by atoms with Crippen molar-refractivity contribution in [2.24, 2.45) is 0 Å². The minimum atomic E-state index is -0.244. The summed E-state index contributed by atoms with van der Waals surface area (Å²) in [5.41, 5.74) is -0.488. The Kier molecular flexibility index (Phi) is 4.98. The first kappa shape index (κ1) is 12.7. The molecule has 0 aromatic carbocycles. The van der Waals surface area contributed by atoms with Gasteiger partial charge in [-0.25, -0.2) is 4.79 Å². The van der Waals surface area contributed by atoms with E-state index in [2.05, 4.69) is 0 Å². The third-order valence-corrected chi connectivity index (χ3v) is 2.35. The van der Waals surface area contributed by atoms with E-state index in [1.807, 2.05) is 13.8 Å². The number of aryl methyl sites for hydroxylation is 1. The molecule has 0 amide bonds. The van der Waals surface area contributed by atoms with Gasteiger partial charge in [-0.1, -0.05) is 0 Å². The number of rotatable bonds is 6. The van der Waals surface area contributed by atoms with Gasteiger partial charge in [0.15, 0.2) is 0 Å². The van der Waals surface area contributed by atoms with Crippen LogP contribution in [0, 0.1) is 0 Å². The zero-order chi connectivity index (χ0) is 12.0. The van der Waals surface area contributed by atoms with Crippen LogP contribution >= 0.6 is 0 Å². The summed E-state index contributed by atoms with van der Waals surface area (Å²) in [6.07, 6.45) is 2.21.